The molecule has 0 amide bonds. The first-order valence-electron chi connectivity index (χ1n) is 6.67. The zero-order valence-corrected chi connectivity index (χ0v) is 12.0. The van der Waals surface area contributed by atoms with Crippen LogP contribution in [0.2, 0.25) is 6.55 Å². The lowest BCUT2D eigenvalue weighted by Gasteiger charge is -2.37. The fraction of sp³-hybridized carbons (Fsp3) is 1.00. The minimum atomic E-state index is -2.16. The van der Waals surface area contributed by atoms with E-state index in [0.717, 1.165) is 0 Å². The summed E-state index contributed by atoms with van der Waals surface area (Å²) >= 11 is 0. The van der Waals surface area contributed by atoms with Gasteiger partial charge in [-0.15, -0.1) is 0 Å². The van der Waals surface area contributed by atoms with E-state index in [0.29, 0.717) is 19.1 Å². The molecule has 0 aromatic carbocycles. The molecule has 1 rings (SSSR count). The van der Waals surface area contributed by atoms with Gasteiger partial charge in [-0.25, -0.2) is 0 Å². The third-order valence-corrected chi connectivity index (χ3v) is 7.03. The van der Waals surface area contributed by atoms with Gasteiger partial charge in [0.2, 0.25) is 0 Å². The summed E-state index contributed by atoms with van der Waals surface area (Å²) in [4.78, 5) is 0. The smallest absolute Gasteiger partial charge is 0.352 e. The van der Waals surface area contributed by atoms with Gasteiger partial charge in [-0.2, -0.15) is 0 Å². The number of rotatable bonds is 6. The van der Waals surface area contributed by atoms with Crippen molar-refractivity contribution in [1.82, 2.24) is 0 Å². The predicted octanol–water partition coefficient (Wildman–Crippen LogP) is 2.58. The molecule has 1 aliphatic carbocycles. The van der Waals surface area contributed by atoms with Crippen LogP contribution in [0.1, 0.15) is 46.0 Å². The van der Waals surface area contributed by atoms with E-state index in [1.165, 1.54) is 32.1 Å². The number of hydrogen-bond donors (Lipinski definition) is 1. The Morgan fingerprint density at radius 2 is 1.62 bits per heavy atom. The normalized spacial score (nSPS) is 21.0. The molecule has 96 valence electrons. The molecule has 16 heavy (non-hydrogen) atoms. The number of nitrogens with two attached hydrogens (primary N) is 1. The van der Waals surface area contributed by atoms with Gasteiger partial charge in [-0.3, -0.25) is 0 Å². The fourth-order valence-corrected chi connectivity index (χ4v) is 5.53. The first-order valence-corrected chi connectivity index (χ1v) is 9.07. The highest BCUT2D eigenvalue weighted by molar-refractivity contribution is 6.67. The van der Waals surface area contributed by atoms with Crippen LogP contribution in [-0.2, 0) is 8.85 Å². The van der Waals surface area contributed by atoms with E-state index < -0.39 is 8.56 Å². The van der Waals surface area contributed by atoms with Crippen LogP contribution in [0.3, 0.4) is 0 Å². The molecule has 2 N–H and O–H groups in total. The van der Waals surface area contributed by atoms with Crippen molar-refractivity contribution in [2.75, 3.05) is 13.2 Å². The van der Waals surface area contributed by atoms with E-state index in [1.807, 2.05) is 13.8 Å². The molecule has 1 atom stereocenters. The monoisotopic (exact) mass is 245 g/mol. The second-order valence-corrected chi connectivity index (χ2v) is 8.08. The minimum Gasteiger partial charge on any atom is -0.394 e. The third-order valence-electron chi connectivity index (χ3n) is 3.63. The zero-order chi connectivity index (χ0) is 12.0. The average molecular weight is 245 g/mol. The van der Waals surface area contributed by atoms with Crippen LogP contribution in [-0.4, -0.2) is 27.4 Å². The van der Waals surface area contributed by atoms with E-state index in [9.17, 15) is 0 Å². The molecule has 1 saturated carbocycles. The van der Waals surface area contributed by atoms with E-state index in [-0.39, 0.29) is 5.67 Å². The maximum atomic E-state index is 6.41. The lowest BCUT2D eigenvalue weighted by molar-refractivity contribution is 0.163. The Bertz CT molecular complexity index is 189. The van der Waals surface area contributed by atoms with E-state index in [1.54, 1.807) is 0 Å². The fourth-order valence-electron chi connectivity index (χ4n) is 2.73. The Morgan fingerprint density at radius 1 is 1.12 bits per heavy atom. The molecule has 0 aromatic heterocycles. The predicted molar refractivity (Wildman–Crippen MR) is 69.4 cm³/mol. The van der Waals surface area contributed by atoms with Gasteiger partial charge in [0.25, 0.3) is 0 Å². The SMILES string of the molecule is CCO[Si](C)(OCC)C(N)C1CCCCC1. The minimum absolute atomic E-state index is 0.132. The summed E-state index contributed by atoms with van der Waals surface area (Å²) in [5.41, 5.74) is 6.54. The van der Waals surface area contributed by atoms with Crippen molar-refractivity contribution in [2.45, 2.75) is 58.2 Å². The molecule has 0 bridgehead atoms. The van der Waals surface area contributed by atoms with Crippen molar-refractivity contribution < 1.29 is 8.85 Å². The first-order chi connectivity index (χ1) is 7.64. The zero-order valence-electron chi connectivity index (χ0n) is 11.0. The highest BCUT2D eigenvalue weighted by Gasteiger charge is 2.42. The van der Waals surface area contributed by atoms with Crippen LogP contribution < -0.4 is 5.73 Å². The molecule has 3 nitrogen and oxygen atoms in total. The highest BCUT2D eigenvalue weighted by atomic mass is 28.4. The largest absolute Gasteiger partial charge is 0.394 e. The standard InChI is InChI=1S/C12H27NO2Si/c1-4-14-16(3,15-5-2)12(13)11-9-7-6-8-10-11/h11-12H,4-10,13H2,1-3H3. The van der Waals surface area contributed by atoms with Gasteiger partial charge in [0.05, 0.1) is 5.67 Å². The lowest BCUT2D eigenvalue weighted by Crippen LogP contribution is -2.59. The van der Waals surface area contributed by atoms with Crippen LogP contribution in [0.25, 0.3) is 0 Å². The summed E-state index contributed by atoms with van der Waals surface area (Å²) in [5.74, 6) is 0.614. The average Bonchev–Trinajstić information content (AvgIpc) is 2.30. The van der Waals surface area contributed by atoms with Gasteiger partial charge in [-0.1, -0.05) is 19.3 Å². The van der Waals surface area contributed by atoms with Crippen LogP contribution in [0.15, 0.2) is 0 Å². The summed E-state index contributed by atoms with van der Waals surface area (Å²) in [7, 11) is -2.16. The van der Waals surface area contributed by atoms with Gasteiger partial charge >= 0.3 is 8.56 Å². The Balaban J connectivity index is 2.60. The molecule has 0 radical (unpaired) electrons. The summed E-state index contributed by atoms with van der Waals surface area (Å²) in [6.07, 6.45) is 6.51. The van der Waals surface area contributed by atoms with Crippen LogP contribution in [0, 0.1) is 5.92 Å². The molecular weight excluding hydrogens is 218 g/mol. The van der Waals surface area contributed by atoms with Crippen LogP contribution >= 0.6 is 0 Å². The Labute approximate surface area is 101 Å². The Kier molecular flexibility index (Phi) is 5.96. The van der Waals surface area contributed by atoms with Gasteiger partial charge in [0, 0.05) is 13.2 Å². The molecule has 0 saturated heterocycles. The van der Waals surface area contributed by atoms with Crippen molar-refractivity contribution >= 4 is 8.56 Å². The molecule has 0 heterocycles. The quantitative estimate of drug-likeness (QED) is 0.732. The summed E-state index contributed by atoms with van der Waals surface area (Å²) < 4.78 is 11.8. The summed E-state index contributed by atoms with van der Waals surface area (Å²) in [5, 5.41) is 0. The third kappa shape index (κ3) is 3.55. The molecule has 1 aliphatic rings. The number of hydrogen-bond acceptors (Lipinski definition) is 3. The van der Waals surface area contributed by atoms with Crippen molar-refractivity contribution in [1.29, 1.82) is 0 Å². The first kappa shape index (κ1) is 14.2. The van der Waals surface area contributed by atoms with Crippen molar-refractivity contribution in [3.8, 4) is 0 Å². The van der Waals surface area contributed by atoms with Crippen molar-refractivity contribution in [3.05, 3.63) is 0 Å². The van der Waals surface area contributed by atoms with Crippen molar-refractivity contribution in [2.24, 2.45) is 11.7 Å². The lowest BCUT2D eigenvalue weighted by atomic mass is 9.89. The Morgan fingerprint density at radius 3 is 2.06 bits per heavy atom. The molecule has 0 aliphatic heterocycles. The molecule has 4 heteroatoms. The van der Waals surface area contributed by atoms with Crippen molar-refractivity contribution in [3.63, 3.8) is 0 Å². The van der Waals surface area contributed by atoms with Gasteiger partial charge in [-0.05, 0) is 39.2 Å². The second-order valence-electron chi connectivity index (χ2n) is 4.81. The van der Waals surface area contributed by atoms with E-state index >= 15 is 0 Å². The van der Waals surface area contributed by atoms with E-state index in [2.05, 4.69) is 6.55 Å². The molecule has 0 spiro atoms. The van der Waals surface area contributed by atoms with Crippen LogP contribution in [0.4, 0.5) is 0 Å². The van der Waals surface area contributed by atoms with Gasteiger partial charge in [0.15, 0.2) is 0 Å². The second kappa shape index (κ2) is 6.74. The molecule has 1 fully saturated rings. The summed E-state index contributed by atoms with van der Waals surface area (Å²) in [6, 6.07) is 0. The van der Waals surface area contributed by atoms with Gasteiger partial charge < -0.3 is 14.6 Å². The summed E-state index contributed by atoms with van der Waals surface area (Å²) in [6.45, 7) is 7.60. The molecular formula is C12H27NO2Si. The van der Waals surface area contributed by atoms with E-state index in [4.69, 9.17) is 14.6 Å². The maximum Gasteiger partial charge on any atom is 0.352 e. The maximum absolute atomic E-state index is 6.41. The topological polar surface area (TPSA) is 44.5 Å². The molecule has 0 aromatic rings. The van der Waals surface area contributed by atoms with Gasteiger partial charge in [0.1, 0.15) is 0 Å². The molecule has 1 unspecified atom stereocenters. The highest BCUT2D eigenvalue weighted by Crippen LogP contribution is 2.30. The Hall–Kier alpha value is 0.0969. The van der Waals surface area contributed by atoms with Crippen LogP contribution in [0.5, 0.6) is 0 Å².